The molecule has 1 heterocycles. The molecule has 0 spiro atoms. The summed E-state index contributed by atoms with van der Waals surface area (Å²) in [7, 11) is 0. The van der Waals surface area contributed by atoms with Crippen molar-refractivity contribution in [2.75, 3.05) is 0 Å². The molecule has 2 nitrogen and oxygen atoms in total. The fourth-order valence-corrected chi connectivity index (χ4v) is 0.906. The molecular formula is C5H4BrClN2. The largest absolute Gasteiger partial charge is 0.241 e. The lowest BCUT2D eigenvalue weighted by Crippen LogP contribution is -1.85. The molecule has 4 heteroatoms. The summed E-state index contributed by atoms with van der Waals surface area (Å²) in [5.74, 6) is 0. The Bertz CT molecular complexity index is 226. The molecule has 0 aromatic carbocycles. The van der Waals surface area contributed by atoms with E-state index in [1.165, 1.54) is 0 Å². The summed E-state index contributed by atoms with van der Waals surface area (Å²) in [6, 6.07) is 0. The van der Waals surface area contributed by atoms with Crippen molar-refractivity contribution in [3.63, 3.8) is 0 Å². The van der Waals surface area contributed by atoms with Gasteiger partial charge >= 0.3 is 0 Å². The van der Waals surface area contributed by atoms with Crippen molar-refractivity contribution in [2.24, 2.45) is 0 Å². The van der Waals surface area contributed by atoms with E-state index >= 15 is 0 Å². The predicted molar refractivity (Wildman–Crippen MR) is 39.5 cm³/mol. The first-order valence-corrected chi connectivity index (χ1v) is 3.52. The molecular weight excluding hydrogens is 203 g/mol. The molecule has 1 aromatic heterocycles. The molecule has 0 aliphatic rings. The number of nitrogens with zero attached hydrogens (tertiary/aromatic N) is 2. The molecule has 9 heavy (non-hydrogen) atoms. The monoisotopic (exact) mass is 206 g/mol. The zero-order valence-corrected chi connectivity index (χ0v) is 7.07. The molecule has 0 radical (unpaired) electrons. The van der Waals surface area contributed by atoms with E-state index in [1.807, 2.05) is 6.92 Å². The fraction of sp³-hybridized carbons (Fsp3) is 0.200. The Morgan fingerprint density at radius 3 is 2.78 bits per heavy atom. The summed E-state index contributed by atoms with van der Waals surface area (Å²) in [5, 5.41) is 0.403. The maximum absolute atomic E-state index is 5.56. The van der Waals surface area contributed by atoms with Gasteiger partial charge in [-0.2, -0.15) is 0 Å². The Morgan fingerprint density at radius 2 is 2.33 bits per heavy atom. The SMILES string of the molecule is Cc1cnc(Cl)c(Br)n1. The van der Waals surface area contributed by atoms with Gasteiger partial charge in [0.1, 0.15) is 4.60 Å². The van der Waals surface area contributed by atoms with E-state index < -0.39 is 0 Å². The van der Waals surface area contributed by atoms with Crippen LogP contribution in [0.3, 0.4) is 0 Å². The Labute approximate surface area is 66.4 Å². The third kappa shape index (κ3) is 1.63. The lowest BCUT2D eigenvalue weighted by molar-refractivity contribution is 1.09. The molecule has 0 unspecified atom stereocenters. The molecule has 0 saturated heterocycles. The molecule has 0 aliphatic heterocycles. The van der Waals surface area contributed by atoms with Crippen molar-refractivity contribution in [3.05, 3.63) is 21.6 Å². The minimum atomic E-state index is 0.403. The third-order valence-electron chi connectivity index (χ3n) is 0.809. The molecule has 1 aromatic rings. The number of hydrogen-bond donors (Lipinski definition) is 0. The highest BCUT2D eigenvalue weighted by Gasteiger charge is 1.96. The molecule has 0 bridgehead atoms. The minimum absolute atomic E-state index is 0.403. The molecule has 0 N–H and O–H groups in total. The van der Waals surface area contributed by atoms with Gasteiger partial charge in [0.05, 0.1) is 5.69 Å². The number of aromatic nitrogens is 2. The molecule has 48 valence electrons. The lowest BCUT2D eigenvalue weighted by atomic mass is 10.5. The molecule has 0 saturated carbocycles. The first-order chi connectivity index (χ1) is 4.20. The van der Waals surface area contributed by atoms with Crippen molar-refractivity contribution in [1.82, 2.24) is 9.97 Å². The Balaban J connectivity index is 3.17. The van der Waals surface area contributed by atoms with Crippen LogP contribution in [0.25, 0.3) is 0 Å². The maximum Gasteiger partial charge on any atom is 0.161 e. The van der Waals surface area contributed by atoms with Gasteiger partial charge in [0.15, 0.2) is 5.15 Å². The summed E-state index contributed by atoms with van der Waals surface area (Å²) in [5.41, 5.74) is 0.853. The minimum Gasteiger partial charge on any atom is -0.241 e. The first kappa shape index (κ1) is 6.96. The number of aryl methyl sites for hydroxylation is 1. The maximum atomic E-state index is 5.56. The Kier molecular flexibility index (Phi) is 2.03. The first-order valence-electron chi connectivity index (χ1n) is 2.35. The van der Waals surface area contributed by atoms with Crippen molar-refractivity contribution in [3.8, 4) is 0 Å². The van der Waals surface area contributed by atoms with E-state index in [0.29, 0.717) is 9.76 Å². The van der Waals surface area contributed by atoms with Gasteiger partial charge in [-0.25, -0.2) is 9.97 Å². The van der Waals surface area contributed by atoms with E-state index in [0.717, 1.165) is 5.69 Å². The van der Waals surface area contributed by atoms with E-state index in [2.05, 4.69) is 25.9 Å². The van der Waals surface area contributed by atoms with Crippen molar-refractivity contribution < 1.29 is 0 Å². The zero-order chi connectivity index (χ0) is 6.85. The summed E-state index contributed by atoms with van der Waals surface area (Å²) in [6.45, 7) is 1.86. The number of rotatable bonds is 0. The van der Waals surface area contributed by atoms with Gasteiger partial charge < -0.3 is 0 Å². The second kappa shape index (κ2) is 2.62. The topological polar surface area (TPSA) is 25.8 Å². The summed E-state index contributed by atoms with van der Waals surface area (Å²) in [6.07, 6.45) is 1.62. The molecule has 0 amide bonds. The lowest BCUT2D eigenvalue weighted by Gasteiger charge is -1.92. The predicted octanol–water partition coefficient (Wildman–Crippen LogP) is 2.20. The van der Waals surface area contributed by atoms with Gasteiger partial charge in [0, 0.05) is 6.20 Å². The van der Waals surface area contributed by atoms with Crippen LogP contribution >= 0.6 is 27.5 Å². The molecule has 0 aliphatic carbocycles. The van der Waals surface area contributed by atoms with Crippen LogP contribution in [-0.2, 0) is 0 Å². The zero-order valence-electron chi connectivity index (χ0n) is 4.73. The second-order valence-corrected chi connectivity index (χ2v) is 2.70. The van der Waals surface area contributed by atoms with Crippen LogP contribution in [0.4, 0.5) is 0 Å². The summed E-state index contributed by atoms with van der Waals surface area (Å²) < 4.78 is 0.601. The highest BCUT2D eigenvalue weighted by Crippen LogP contribution is 2.15. The van der Waals surface area contributed by atoms with Gasteiger partial charge in [-0.1, -0.05) is 11.6 Å². The average Bonchev–Trinajstić information content (AvgIpc) is 1.80. The number of halogens is 2. The van der Waals surface area contributed by atoms with Crippen molar-refractivity contribution in [2.45, 2.75) is 6.92 Å². The fourth-order valence-electron chi connectivity index (χ4n) is 0.433. The summed E-state index contributed by atoms with van der Waals surface area (Å²) in [4.78, 5) is 7.83. The highest BCUT2D eigenvalue weighted by molar-refractivity contribution is 9.10. The van der Waals surface area contributed by atoms with Crippen LogP contribution in [-0.4, -0.2) is 9.97 Å². The standard InChI is InChI=1S/C5H4BrClN2/c1-3-2-8-5(7)4(6)9-3/h2H,1H3. The van der Waals surface area contributed by atoms with E-state index in [9.17, 15) is 0 Å². The van der Waals surface area contributed by atoms with Gasteiger partial charge in [-0.05, 0) is 22.9 Å². The third-order valence-corrected chi connectivity index (χ3v) is 1.87. The average molecular weight is 207 g/mol. The smallest absolute Gasteiger partial charge is 0.161 e. The number of hydrogen-bond acceptors (Lipinski definition) is 2. The van der Waals surface area contributed by atoms with Crippen LogP contribution in [0.5, 0.6) is 0 Å². The van der Waals surface area contributed by atoms with Gasteiger partial charge in [0.2, 0.25) is 0 Å². The molecule has 0 fully saturated rings. The van der Waals surface area contributed by atoms with E-state index in [1.54, 1.807) is 6.20 Å². The second-order valence-electron chi connectivity index (χ2n) is 1.59. The Hall–Kier alpha value is -0.150. The van der Waals surface area contributed by atoms with Crippen LogP contribution < -0.4 is 0 Å². The van der Waals surface area contributed by atoms with Crippen LogP contribution in [0, 0.1) is 6.92 Å². The van der Waals surface area contributed by atoms with Crippen molar-refractivity contribution >= 4 is 27.5 Å². The van der Waals surface area contributed by atoms with Crippen LogP contribution in [0.1, 0.15) is 5.69 Å². The van der Waals surface area contributed by atoms with Gasteiger partial charge in [0.25, 0.3) is 0 Å². The highest BCUT2D eigenvalue weighted by atomic mass is 79.9. The van der Waals surface area contributed by atoms with E-state index in [4.69, 9.17) is 11.6 Å². The van der Waals surface area contributed by atoms with Crippen LogP contribution in [0.2, 0.25) is 5.15 Å². The van der Waals surface area contributed by atoms with Crippen molar-refractivity contribution in [1.29, 1.82) is 0 Å². The molecule has 1 rings (SSSR count). The normalized spacial score (nSPS) is 9.67. The van der Waals surface area contributed by atoms with E-state index in [-0.39, 0.29) is 0 Å². The van der Waals surface area contributed by atoms with Gasteiger partial charge in [-0.3, -0.25) is 0 Å². The molecule has 0 atom stereocenters. The quantitative estimate of drug-likeness (QED) is 0.652. The Morgan fingerprint density at radius 1 is 1.67 bits per heavy atom. The summed E-state index contributed by atoms with van der Waals surface area (Å²) >= 11 is 8.70. The van der Waals surface area contributed by atoms with Crippen LogP contribution in [0.15, 0.2) is 10.8 Å². The van der Waals surface area contributed by atoms with Gasteiger partial charge in [-0.15, -0.1) is 0 Å².